The quantitative estimate of drug-likeness (QED) is 0.0301. The van der Waals surface area contributed by atoms with E-state index in [2.05, 4.69) is 14.8 Å². The molecule has 2 aromatic rings. The second-order valence-electron chi connectivity index (χ2n) is 10.8. The molecule has 47 heavy (non-hydrogen) atoms. The second kappa shape index (κ2) is 14.1. The number of β-lactam (4-membered cyclic amide) rings is 1. The summed E-state index contributed by atoms with van der Waals surface area (Å²) in [5, 5.41) is 32.8. The van der Waals surface area contributed by atoms with Gasteiger partial charge in [0.1, 0.15) is 5.69 Å². The highest BCUT2D eigenvalue weighted by molar-refractivity contribution is 8.20. The van der Waals surface area contributed by atoms with Crippen LogP contribution < -0.4 is 5.73 Å². The molecule has 5 N–H and O–H groups in total. The number of hydrogen-bond acceptors (Lipinski definition) is 16. The first-order valence-electron chi connectivity index (χ1n) is 13.6. The molecule has 248 valence electrons. The van der Waals surface area contributed by atoms with E-state index >= 15 is 0 Å². The first kappa shape index (κ1) is 36.0. The fraction of sp³-hybridized carbons (Fsp3) is 0.407. The van der Waals surface area contributed by atoms with Gasteiger partial charge in [-0.25, -0.2) is 9.78 Å². The van der Waals surface area contributed by atoms with Crippen LogP contribution in [-0.2, 0) is 33.5 Å². The number of amides is 1. The van der Waals surface area contributed by atoms with Crippen LogP contribution in [-0.4, -0.2) is 102 Å². The third-order valence-electron chi connectivity index (χ3n) is 7.15. The number of Topliss-reactive ketones (excluding diaryl/α,β-unsaturated/α-hetero) is 3. The number of fused-ring (bicyclic) bond motifs is 1. The fourth-order valence-corrected chi connectivity index (χ4v) is 8.55. The summed E-state index contributed by atoms with van der Waals surface area (Å²) in [6.07, 6.45) is -0.485. The van der Waals surface area contributed by atoms with Gasteiger partial charge in [0.2, 0.25) is 23.1 Å². The van der Waals surface area contributed by atoms with Gasteiger partial charge in [0.05, 0.1) is 22.9 Å². The average molecular weight is 725 g/mol. The van der Waals surface area contributed by atoms with E-state index in [1.165, 1.54) is 24.1 Å². The number of carbonyl (C=O) groups is 6. The van der Waals surface area contributed by atoms with Gasteiger partial charge in [-0.2, -0.15) is 0 Å². The molecule has 4 rings (SSSR count). The number of thiazole rings is 1. The van der Waals surface area contributed by atoms with Crippen molar-refractivity contribution in [3.05, 3.63) is 33.8 Å². The van der Waals surface area contributed by atoms with Crippen LogP contribution in [0.15, 0.2) is 22.7 Å². The SMILES string of the molecule is [B]OC(=O)[C@@]1(SCCCC(=O)C(=O)c2ccc(O)c(O)c2Cl)CN2C(=O)[C@@H](CC(=O)/C(=N\OC(C)(C)C(=O)O)c3csc(N)n3)[C@H]2S1. The number of nitrogens with zero attached hydrogens (tertiary/aromatic N) is 3. The number of ketones is 3. The van der Waals surface area contributed by atoms with Gasteiger partial charge in [-0.15, -0.1) is 34.9 Å². The van der Waals surface area contributed by atoms with Crippen molar-refractivity contribution in [2.45, 2.75) is 48.2 Å². The number of halogens is 1. The summed E-state index contributed by atoms with van der Waals surface area (Å²) in [5.41, 5.74) is 3.35. The van der Waals surface area contributed by atoms with Crippen molar-refractivity contribution in [2.24, 2.45) is 11.1 Å². The molecule has 2 aliphatic heterocycles. The maximum Gasteiger partial charge on any atom is 0.378 e. The monoisotopic (exact) mass is 724 g/mol. The second-order valence-corrected chi connectivity index (χ2v) is 15.1. The van der Waals surface area contributed by atoms with Crippen molar-refractivity contribution >= 4 is 101 Å². The van der Waals surface area contributed by atoms with Gasteiger partial charge >= 0.3 is 20.0 Å². The molecule has 0 bridgehead atoms. The molecule has 0 aliphatic carbocycles. The number of nitrogens with two attached hydrogens (primary N) is 1. The van der Waals surface area contributed by atoms with Crippen LogP contribution in [0, 0.1) is 5.92 Å². The lowest BCUT2D eigenvalue weighted by atomic mass is 9.90. The molecular formula is C27H26BClN4O11S3. The third-order valence-corrected chi connectivity index (χ3v) is 11.6. The Morgan fingerprint density at radius 1 is 1.26 bits per heavy atom. The molecule has 2 saturated heterocycles. The number of carbonyl (C=O) groups excluding carboxylic acids is 5. The van der Waals surface area contributed by atoms with E-state index in [-0.39, 0.29) is 53.7 Å². The Hall–Kier alpha value is -3.81. The summed E-state index contributed by atoms with van der Waals surface area (Å²) in [6.45, 7) is 2.36. The van der Waals surface area contributed by atoms with Crippen LogP contribution in [0.2, 0.25) is 5.02 Å². The summed E-state index contributed by atoms with van der Waals surface area (Å²) < 4.78 is 3.13. The number of anilines is 1. The normalized spacial score (nSPS) is 20.7. The molecule has 2 fully saturated rings. The molecule has 0 saturated carbocycles. The van der Waals surface area contributed by atoms with Gasteiger partial charge in [-0.05, 0) is 38.2 Å². The van der Waals surface area contributed by atoms with E-state index in [1.54, 1.807) is 0 Å². The highest BCUT2D eigenvalue weighted by atomic mass is 35.5. The predicted octanol–water partition coefficient (Wildman–Crippen LogP) is 2.15. The number of carboxylic acids is 1. The predicted molar refractivity (Wildman–Crippen MR) is 172 cm³/mol. The molecule has 1 aromatic carbocycles. The number of hydrogen-bond donors (Lipinski definition) is 4. The van der Waals surface area contributed by atoms with Crippen LogP contribution in [0.4, 0.5) is 5.13 Å². The van der Waals surface area contributed by atoms with E-state index in [1.807, 2.05) is 0 Å². The van der Waals surface area contributed by atoms with Gasteiger partial charge in [0, 0.05) is 23.8 Å². The smallest absolute Gasteiger partial charge is 0.378 e. The number of rotatable bonds is 15. The molecule has 2 radical (unpaired) electrons. The van der Waals surface area contributed by atoms with Crippen LogP contribution >= 0.6 is 46.5 Å². The van der Waals surface area contributed by atoms with Gasteiger partial charge < -0.3 is 35.4 Å². The number of benzene rings is 1. The van der Waals surface area contributed by atoms with Gasteiger partial charge in [0.25, 0.3) is 0 Å². The zero-order valence-electron chi connectivity index (χ0n) is 24.6. The van der Waals surface area contributed by atoms with Crippen molar-refractivity contribution in [1.29, 1.82) is 0 Å². The zero-order valence-corrected chi connectivity index (χ0v) is 27.8. The number of aliphatic carboxylic acids is 1. The van der Waals surface area contributed by atoms with Crippen molar-refractivity contribution < 1.29 is 53.6 Å². The van der Waals surface area contributed by atoms with E-state index in [0.717, 1.165) is 47.0 Å². The van der Waals surface area contributed by atoms with E-state index < -0.39 is 72.7 Å². The molecule has 3 heterocycles. The molecule has 1 aromatic heterocycles. The third kappa shape index (κ3) is 7.37. The fourth-order valence-electron chi connectivity index (χ4n) is 4.49. The van der Waals surface area contributed by atoms with Crippen LogP contribution in [0.25, 0.3) is 0 Å². The number of aromatic nitrogens is 1. The number of carboxylic acid groups (broad SMARTS) is 1. The van der Waals surface area contributed by atoms with Crippen molar-refractivity contribution in [2.75, 3.05) is 18.0 Å². The maximum atomic E-state index is 13.4. The topological polar surface area (TPSA) is 236 Å². The van der Waals surface area contributed by atoms with Crippen molar-refractivity contribution in [3.63, 3.8) is 0 Å². The Morgan fingerprint density at radius 2 is 1.96 bits per heavy atom. The van der Waals surface area contributed by atoms with E-state index in [9.17, 15) is 44.1 Å². The van der Waals surface area contributed by atoms with Gasteiger partial charge in [-0.1, -0.05) is 16.8 Å². The lowest BCUT2D eigenvalue weighted by Crippen LogP contribution is -2.57. The zero-order chi connectivity index (χ0) is 34.8. The van der Waals surface area contributed by atoms with Gasteiger partial charge in [-0.3, -0.25) is 24.0 Å². The summed E-state index contributed by atoms with van der Waals surface area (Å²) in [4.78, 5) is 86.5. The summed E-state index contributed by atoms with van der Waals surface area (Å²) in [6, 6.07) is 2.14. The minimum absolute atomic E-state index is 0.0375. The van der Waals surface area contributed by atoms with E-state index in [4.69, 9.17) is 30.2 Å². The molecule has 0 unspecified atom stereocenters. The lowest BCUT2D eigenvalue weighted by Gasteiger charge is -2.41. The number of phenolic OH excluding ortho intramolecular Hbond substituents is 2. The summed E-state index contributed by atoms with van der Waals surface area (Å²) in [5.74, 6) is -7.09. The van der Waals surface area contributed by atoms with Crippen LogP contribution in [0.5, 0.6) is 11.5 Å². The first-order valence-corrected chi connectivity index (χ1v) is 16.7. The highest BCUT2D eigenvalue weighted by Gasteiger charge is 2.62. The number of thioether (sulfide) groups is 2. The molecule has 3 atom stereocenters. The minimum Gasteiger partial charge on any atom is -0.542 e. The highest BCUT2D eigenvalue weighted by Crippen LogP contribution is 2.56. The van der Waals surface area contributed by atoms with Crippen LogP contribution in [0.1, 0.15) is 49.2 Å². The summed E-state index contributed by atoms with van der Waals surface area (Å²) in [7, 11) is 5.22. The Bertz CT molecular complexity index is 1690. The Kier molecular flexibility index (Phi) is 10.8. The van der Waals surface area contributed by atoms with Crippen molar-refractivity contribution in [3.8, 4) is 11.5 Å². The Balaban J connectivity index is 1.41. The summed E-state index contributed by atoms with van der Waals surface area (Å²) >= 11 is 9.01. The Morgan fingerprint density at radius 3 is 2.57 bits per heavy atom. The minimum atomic E-state index is -1.78. The number of nitrogen functional groups attached to an aromatic ring is 1. The molecule has 15 nitrogen and oxygen atoms in total. The van der Waals surface area contributed by atoms with Crippen LogP contribution in [0.3, 0.4) is 0 Å². The average Bonchev–Trinajstić information content (AvgIpc) is 3.62. The largest absolute Gasteiger partial charge is 0.542 e. The maximum absolute atomic E-state index is 13.4. The lowest BCUT2D eigenvalue weighted by molar-refractivity contribution is -0.161. The Labute approximate surface area is 285 Å². The number of oxime groups is 1. The molecule has 2 aliphatic rings. The van der Waals surface area contributed by atoms with Crippen molar-refractivity contribution in [1.82, 2.24) is 9.88 Å². The molecule has 0 spiro atoms. The first-order chi connectivity index (χ1) is 22.0. The standard InChI is InChI=1S/C27H26BClN4O11S3/c1-26(2,23(40)41)44-32-18(13-9-45-25(30)31-13)16(36)8-12-21(39)33-10-27(24(42)43-28,47-22(12)33)46-7-3-4-14(34)19(37)11-5-6-15(35)20(38)17(11)29/h5-6,9,12,22,35,38H,3-4,7-8,10H2,1-2H3,(H2,30,31)(H,40,41)/b32-18-/t12-,22-,27-/m1/s1. The molecule has 20 heteroatoms. The van der Waals surface area contributed by atoms with E-state index in [0.29, 0.717) is 0 Å². The number of phenols is 2. The van der Waals surface area contributed by atoms with Gasteiger partial charge in [0.15, 0.2) is 32.2 Å². The number of aromatic hydroxyl groups is 2. The molecule has 1 amide bonds. The molecular weight excluding hydrogens is 699 g/mol.